The molecule has 0 spiro atoms. The van der Waals surface area contributed by atoms with Gasteiger partial charge in [0, 0.05) is 12.1 Å². The summed E-state index contributed by atoms with van der Waals surface area (Å²) in [4.78, 5) is 36.6. The van der Waals surface area contributed by atoms with Gasteiger partial charge in [0.15, 0.2) is 16.8 Å². The second-order valence-electron chi connectivity index (χ2n) is 4.01. The van der Waals surface area contributed by atoms with Crippen LogP contribution in [0, 0.1) is 0 Å². The van der Waals surface area contributed by atoms with Crippen molar-refractivity contribution in [2.75, 3.05) is 0 Å². The molecule has 0 unspecified atom stereocenters. The molecule has 0 amide bonds. The molecule has 0 fully saturated rings. The monoisotopic (exact) mass is 337 g/mol. The van der Waals surface area contributed by atoms with Gasteiger partial charge in [0.1, 0.15) is 24.8 Å². The maximum atomic E-state index is 11.2. The molecule has 10 heteroatoms. The minimum atomic E-state index is -5.13. The van der Waals surface area contributed by atoms with Crippen molar-refractivity contribution in [3.63, 3.8) is 0 Å². The molecule has 0 saturated heterocycles. The van der Waals surface area contributed by atoms with Gasteiger partial charge in [-0.2, -0.15) is 0 Å². The Bertz CT molecular complexity index is 877. The molecule has 0 radical (unpaired) electrons. The van der Waals surface area contributed by atoms with E-state index in [9.17, 15) is 19.1 Å². The Morgan fingerprint density at radius 2 is 1.82 bits per heavy atom. The number of benzene rings is 2. The Morgan fingerprint density at radius 1 is 1.09 bits per heavy atom. The third-order valence-electron chi connectivity index (χ3n) is 2.54. The van der Waals surface area contributed by atoms with Crippen LogP contribution in [-0.4, -0.2) is 4.98 Å². The summed E-state index contributed by atoms with van der Waals surface area (Å²) < 4.78 is 20.2. The number of nitrogens with zero attached hydrogens (tertiary/aromatic N) is 1. The number of phosphoric ester groups is 1. The summed E-state index contributed by atoms with van der Waals surface area (Å²) in [6.07, 6.45) is 0. The second-order valence-corrected chi connectivity index (χ2v) is 5.09. The van der Waals surface area contributed by atoms with Crippen molar-refractivity contribution in [1.82, 2.24) is 4.98 Å². The molecule has 7 nitrogen and oxygen atoms in total. The Labute approximate surface area is 168 Å². The quantitative estimate of drug-likeness (QED) is 0.260. The number of fused-ring (bicyclic) bond motifs is 2. The van der Waals surface area contributed by atoms with Crippen LogP contribution in [0.1, 0.15) is 0 Å². The van der Waals surface area contributed by atoms with Gasteiger partial charge in [0.25, 0.3) is 0 Å². The first kappa shape index (κ1) is 19.8. The molecule has 1 aromatic carbocycles. The van der Waals surface area contributed by atoms with E-state index in [0.29, 0.717) is 11.2 Å². The van der Waals surface area contributed by atoms with E-state index in [1.807, 2.05) is 0 Å². The van der Waals surface area contributed by atoms with Crippen molar-refractivity contribution in [3.8, 4) is 17.2 Å². The van der Waals surface area contributed by atoms with E-state index in [1.165, 1.54) is 36.4 Å². The normalized spacial score (nSPS) is 10.8. The van der Waals surface area contributed by atoms with Crippen LogP contribution in [0.25, 0.3) is 22.6 Å². The Balaban J connectivity index is 0.00000121. The number of hydrogen-bond donors (Lipinski definition) is 0. The average Bonchev–Trinajstić information content (AvgIpc) is 2.34. The van der Waals surface area contributed by atoms with Crippen LogP contribution >= 0.6 is 7.82 Å². The Kier molecular flexibility index (Phi) is 6.83. The minimum absolute atomic E-state index is 0. The third-order valence-corrected chi connectivity index (χ3v) is 2.98. The molecule has 0 N–H and O–H groups in total. The molecule has 1 aliphatic carbocycles. The van der Waals surface area contributed by atoms with Crippen molar-refractivity contribution in [3.05, 3.63) is 46.6 Å². The molecule has 0 saturated carbocycles. The van der Waals surface area contributed by atoms with E-state index in [-0.39, 0.29) is 81.6 Å². The molecule has 22 heavy (non-hydrogen) atoms. The van der Waals surface area contributed by atoms with Crippen LogP contribution in [0.5, 0.6) is 5.75 Å². The zero-order valence-electron chi connectivity index (χ0n) is 11.8. The van der Waals surface area contributed by atoms with Gasteiger partial charge in [-0.15, -0.1) is 0 Å². The molecule has 3 rings (SSSR count). The summed E-state index contributed by atoms with van der Waals surface area (Å²) >= 11 is 0. The molecule has 0 atom stereocenters. The molecule has 1 aromatic rings. The third kappa shape index (κ3) is 4.64. The maximum Gasteiger partial charge on any atom is 1.00 e. The summed E-state index contributed by atoms with van der Waals surface area (Å²) in [5.74, 6) is 0.0867. The largest absolute Gasteiger partial charge is 1.00 e. The van der Waals surface area contributed by atoms with E-state index in [1.54, 1.807) is 0 Å². The molecule has 1 aliphatic heterocycles. The van der Waals surface area contributed by atoms with Gasteiger partial charge >= 0.3 is 59.1 Å². The maximum absolute atomic E-state index is 11.2. The van der Waals surface area contributed by atoms with Crippen molar-refractivity contribution in [1.29, 1.82) is 0 Å². The number of aromatic nitrogens is 1. The van der Waals surface area contributed by atoms with Crippen molar-refractivity contribution in [2.24, 2.45) is 0 Å². The molecule has 0 bridgehead atoms. The second kappa shape index (κ2) is 7.57. The average molecular weight is 337 g/mol. The van der Waals surface area contributed by atoms with Gasteiger partial charge in [0.05, 0.1) is 0 Å². The zero-order valence-corrected chi connectivity index (χ0v) is 16.7. The molecule has 2 aliphatic rings. The van der Waals surface area contributed by atoms with Gasteiger partial charge in [0.2, 0.25) is 0 Å². The topological polar surface area (TPSA) is 116 Å². The van der Waals surface area contributed by atoms with Gasteiger partial charge < -0.3 is 23.3 Å². The first-order valence-corrected chi connectivity index (χ1v) is 6.93. The van der Waals surface area contributed by atoms with E-state index >= 15 is 0 Å². The summed E-state index contributed by atoms with van der Waals surface area (Å²) in [5.41, 5.74) is 0.895. The number of phosphoric acid groups is 1. The van der Waals surface area contributed by atoms with Crippen molar-refractivity contribution in [2.45, 2.75) is 0 Å². The van der Waals surface area contributed by atoms with Crippen LogP contribution in [0.15, 0.2) is 45.6 Å². The van der Waals surface area contributed by atoms with E-state index in [4.69, 9.17) is 4.42 Å². The predicted octanol–water partition coefficient (Wildman–Crippen LogP) is -5.49. The Morgan fingerprint density at radius 3 is 2.50 bits per heavy atom. The van der Waals surface area contributed by atoms with Crippen LogP contribution < -0.4 is 78.9 Å². The van der Waals surface area contributed by atoms with Crippen molar-refractivity contribution >= 4 is 18.9 Å². The molecular formula is C12H6NNa2O6P. The van der Waals surface area contributed by atoms with Crippen LogP contribution in [0.3, 0.4) is 0 Å². The number of rotatable bonds is 2. The Hall–Kier alpha value is -0.210. The molecule has 102 valence electrons. The fourth-order valence-electron chi connectivity index (χ4n) is 1.77. The first-order valence-electron chi connectivity index (χ1n) is 5.47. The molecule has 0 aromatic heterocycles. The summed E-state index contributed by atoms with van der Waals surface area (Å²) in [6.45, 7) is 0. The van der Waals surface area contributed by atoms with Gasteiger partial charge in [-0.1, -0.05) is 0 Å². The van der Waals surface area contributed by atoms with Gasteiger partial charge in [-0.25, -0.2) is 4.98 Å². The van der Waals surface area contributed by atoms with Gasteiger partial charge in [-0.3, -0.25) is 4.79 Å². The molecule has 1 heterocycles. The van der Waals surface area contributed by atoms with Gasteiger partial charge in [-0.05, 0) is 24.3 Å². The van der Waals surface area contributed by atoms with E-state index in [2.05, 4.69) is 9.51 Å². The minimum Gasteiger partial charge on any atom is -0.780 e. The summed E-state index contributed by atoms with van der Waals surface area (Å²) in [5, 5.41) is 0. The summed E-state index contributed by atoms with van der Waals surface area (Å²) in [7, 11) is -5.13. The first-order chi connectivity index (χ1) is 9.40. The predicted molar refractivity (Wildman–Crippen MR) is 65.1 cm³/mol. The number of hydrogen-bond acceptors (Lipinski definition) is 7. The molecular weight excluding hydrogens is 331 g/mol. The summed E-state index contributed by atoms with van der Waals surface area (Å²) in [6, 6.07) is 8.12. The van der Waals surface area contributed by atoms with Crippen LogP contribution in [-0.2, 0) is 4.57 Å². The van der Waals surface area contributed by atoms with Crippen LogP contribution in [0.2, 0.25) is 0 Å². The zero-order chi connectivity index (χ0) is 14.3. The van der Waals surface area contributed by atoms with Crippen molar-refractivity contribution < 1.29 is 82.4 Å². The SMILES string of the molecule is O=c1ccc2nc3ccc(OP(=O)([O-])[O-])cc3oc-2c1.[Na+].[Na+]. The van der Waals surface area contributed by atoms with E-state index in [0.717, 1.165) is 0 Å². The fraction of sp³-hybridized carbons (Fsp3) is 0. The standard InChI is InChI=1S/C12H8NO6P.2Na/c14-7-1-3-9-11(5-7)18-12-6-8(19-20(15,16)17)2-4-10(12)13-9;;/h1-6H,(H2,15,16,17);;/q;2*+1/p-2. The fourth-order valence-corrected chi connectivity index (χ4v) is 2.14. The van der Waals surface area contributed by atoms with E-state index < -0.39 is 7.82 Å². The van der Waals surface area contributed by atoms with Crippen LogP contribution in [0.4, 0.5) is 0 Å². The smallest absolute Gasteiger partial charge is 0.780 e.